The maximum Gasteiger partial charge on any atom is 0.251 e. The fourth-order valence-electron chi connectivity index (χ4n) is 3.09. The topological polar surface area (TPSA) is 62.3 Å². The zero-order valence-electron chi connectivity index (χ0n) is 11.7. The Morgan fingerprint density at radius 2 is 1.86 bits per heavy atom. The molecule has 0 bridgehead atoms. The second kappa shape index (κ2) is 4.40. The van der Waals surface area contributed by atoms with Crippen LogP contribution >= 0.6 is 15.9 Å². The van der Waals surface area contributed by atoms with Gasteiger partial charge in [-0.3, -0.25) is 4.68 Å². The van der Waals surface area contributed by atoms with E-state index in [2.05, 4.69) is 21.0 Å². The molecule has 2 aliphatic rings. The molecule has 0 amide bonds. The average Bonchev–Trinajstić information content (AvgIpc) is 3.12. The summed E-state index contributed by atoms with van der Waals surface area (Å²) >= 11 is 3.60. The molecule has 0 atom stereocenters. The summed E-state index contributed by atoms with van der Waals surface area (Å²) in [6, 6.07) is 3.95. The lowest BCUT2D eigenvalue weighted by Gasteiger charge is -2.21. The van der Waals surface area contributed by atoms with Crippen molar-refractivity contribution < 1.29 is 9.47 Å². The molecule has 110 valence electrons. The van der Waals surface area contributed by atoms with E-state index in [4.69, 9.17) is 15.2 Å². The average molecular weight is 350 g/mol. The van der Waals surface area contributed by atoms with E-state index in [1.165, 1.54) is 0 Å². The second-order valence-corrected chi connectivity index (χ2v) is 6.52. The van der Waals surface area contributed by atoms with Crippen LogP contribution in [0.25, 0.3) is 11.1 Å². The minimum absolute atomic E-state index is 0.444. The fourth-order valence-corrected chi connectivity index (χ4v) is 3.63. The molecule has 1 aromatic carbocycles. The van der Waals surface area contributed by atoms with E-state index >= 15 is 0 Å². The summed E-state index contributed by atoms with van der Waals surface area (Å²) in [5.41, 5.74) is 7.93. The van der Waals surface area contributed by atoms with Gasteiger partial charge in [0.05, 0.1) is 6.20 Å². The minimum Gasteiger partial charge on any atom is -0.448 e. The number of aryl methyl sites for hydroxylation is 1. The highest BCUT2D eigenvalue weighted by atomic mass is 79.9. The van der Waals surface area contributed by atoms with E-state index in [-0.39, 0.29) is 0 Å². The molecule has 2 aromatic rings. The molecule has 2 N–H and O–H groups in total. The number of hydrogen-bond acceptors (Lipinski definition) is 4. The molecule has 1 aliphatic heterocycles. The van der Waals surface area contributed by atoms with Crippen molar-refractivity contribution in [1.29, 1.82) is 0 Å². The molecule has 5 nitrogen and oxygen atoms in total. The van der Waals surface area contributed by atoms with Crippen LogP contribution in [0.5, 0.6) is 11.5 Å². The Balaban J connectivity index is 1.78. The highest BCUT2D eigenvalue weighted by Crippen LogP contribution is 2.50. The van der Waals surface area contributed by atoms with Crippen molar-refractivity contribution in [2.75, 3.05) is 5.73 Å². The Labute approximate surface area is 131 Å². The van der Waals surface area contributed by atoms with Crippen molar-refractivity contribution in [3.8, 4) is 22.6 Å². The van der Waals surface area contributed by atoms with Crippen molar-refractivity contribution in [3.05, 3.63) is 22.8 Å². The van der Waals surface area contributed by atoms with Gasteiger partial charge in [0.2, 0.25) is 0 Å². The van der Waals surface area contributed by atoms with Gasteiger partial charge in [-0.05, 0) is 25.0 Å². The summed E-state index contributed by atoms with van der Waals surface area (Å²) in [6.45, 7) is 0. The first kappa shape index (κ1) is 13.0. The molecule has 1 saturated carbocycles. The zero-order valence-corrected chi connectivity index (χ0v) is 13.3. The number of benzene rings is 1. The Hall–Kier alpha value is -1.69. The van der Waals surface area contributed by atoms with Gasteiger partial charge in [0.15, 0.2) is 11.5 Å². The van der Waals surface area contributed by atoms with Crippen LogP contribution in [-0.4, -0.2) is 15.6 Å². The molecule has 21 heavy (non-hydrogen) atoms. The summed E-state index contributed by atoms with van der Waals surface area (Å²) < 4.78 is 14.8. The lowest BCUT2D eigenvalue weighted by atomic mass is 10.1. The number of fused-ring (bicyclic) bond motifs is 1. The van der Waals surface area contributed by atoms with Gasteiger partial charge >= 0.3 is 0 Å². The molecular weight excluding hydrogens is 334 g/mol. The molecule has 2 heterocycles. The maximum atomic E-state index is 6.11. The van der Waals surface area contributed by atoms with Gasteiger partial charge in [0.1, 0.15) is 5.82 Å². The van der Waals surface area contributed by atoms with Crippen molar-refractivity contribution in [2.45, 2.75) is 31.5 Å². The molecule has 0 radical (unpaired) electrons. The first-order valence-electron chi connectivity index (χ1n) is 7.07. The molecule has 0 unspecified atom stereocenters. The van der Waals surface area contributed by atoms with E-state index in [0.717, 1.165) is 52.8 Å². The van der Waals surface area contributed by atoms with Crippen LogP contribution in [0.15, 0.2) is 22.8 Å². The van der Waals surface area contributed by atoms with Gasteiger partial charge in [0.25, 0.3) is 5.79 Å². The normalized spacial score (nSPS) is 18.6. The molecule has 1 spiro atoms. The van der Waals surface area contributed by atoms with Crippen molar-refractivity contribution in [2.24, 2.45) is 7.05 Å². The largest absolute Gasteiger partial charge is 0.448 e. The van der Waals surface area contributed by atoms with Crippen LogP contribution in [0, 0.1) is 0 Å². The Bertz CT molecular complexity index is 720. The predicted octanol–water partition coefficient (Wildman–Crippen LogP) is 3.47. The third-order valence-corrected chi connectivity index (χ3v) is 4.92. The van der Waals surface area contributed by atoms with Gasteiger partial charge in [-0.2, -0.15) is 5.10 Å². The van der Waals surface area contributed by atoms with Crippen LogP contribution in [0.3, 0.4) is 0 Å². The van der Waals surface area contributed by atoms with E-state index < -0.39 is 5.79 Å². The van der Waals surface area contributed by atoms with Crippen LogP contribution in [-0.2, 0) is 7.05 Å². The number of nitrogens with two attached hydrogens (primary N) is 1. The van der Waals surface area contributed by atoms with E-state index in [9.17, 15) is 0 Å². The molecule has 0 saturated heterocycles. The van der Waals surface area contributed by atoms with Crippen molar-refractivity contribution in [1.82, 2.24) is 9.78 Å². The number of anilines is 1. The molecule has 1 aliphatic carbocycles. The Kier molecular flexibility index (Phi) is 2.73. The first-order chi connectivity index (χ1) is 10.1. The van der Waals surface area contributed by atoms with E-state index in [0.29, 0.717) is 5.82 Å². The SMILES string of the molecule is Cn1ncc(-c2cc3c(cc2Br)OC2(CCCC2)O3)c1N. The van der Waals surface area contributed by atoms with Gasteiger partial charge in [-0.15, -0.1) is 0 Å². The summed E-state index contributed by atoms with van der Waals surface area (Å²) in [7, 11) is 1.83. The van der Waals surface area contributed by atoms with Gasteiger partial charge in [-0.1, -0.05) is 15.9 Å². The van der Waals surface area contributed by atoms with E-state index in [1.807, 2.05) is 19.2 Å². The summed E-state index contributed by atoms with van der Waals surface area (Å²) in [4.78, 5) is 0. The van der Waals surface area contributed by atoms with E-state index in [1.54, 1.807) is 10.9 Å². The molecule has 4 rings (SSSR count). The predicted molar refractivity (Wildman–Crippen MR) is 83.2 cm³/mol. The minimum atomic E-state index is -0.444. The lowest BCUT2D eigenvalue weighted by Crippen LogP contribution is -2.34. The summed E-state index contributed by atoms with van der Waals surface area (Å²) in [6.07, 6.45) is 5.96. The number of halogens is 1. The number of rotatable bonds is 1. The first-order valence-corrected chi connectivity index (χ1v) is 7.87. The molecule has 1 aromatic heterocycles. The molecule has 6 heteroatoms. The number of aromatic nitrogens is 2. The summed E-state index contributed by atoms with van der Waals surface area (Å²) in [5, 5.41) is 4.20. The van der Waals surface area contributed by atoms with Gasteiger partial charge in [-0.25, -0.2) is 0 Å². The second-order valence-electron chi connectivity index (χ2n) is 5.67. The quantitative estimate of drug-likeness (QED) is 0.856. The third kappa shape index (κ3) is 1.92. The van der Waals surface area contributed by atoms with Gasteiger partial charge in [0, 0.05) is 35.5 Å². The highest BCUT2D eigenvalue weighted by molar-refractivity contribution is 9.10. The fraction of sp³-hybridized carbons (Fsp3) is 0.400. The van der Waals surface area contributed by atoms with Gasteiger partial charge < -0.3 is 15.2 Å². The maximum absolute atomic E-state index is 6.11. The number of nitrogens with zero attached hydrogens (tertiary/aromatic N) is 2. The Morgan fingerprint density at radius 3 is 2.48 bits per heavy atom. The van der Waals surface area contributed by atoms with Crippen molar-refractivity contribution in [3.63, 3.8) is 0 Å². The number of ether oxygens (including phenoxy) is 2. The third-order valence-electron chi connectivity index (χ3n) is 4.27. The molecule has 1 fully saturated rings. The smallest absolute Gasteiger partial charge is 0.251 e. The standard InChI is InChI=1S/C15H16BrN3O2/c1-19-14(17)10(8-18-19)9-6-12-13(7-11(9)16)21-15(20-12)4-2-3-5-15/h6-8H,2-5,17H2,1H3. The number of nitrogen functional groups attached to an aromatic ring is 1. The molecular formula is C15H16BrN3O2. The highest BCUT2D eigenvalue weighted by Gasteiger charge is 2.44. The lowest BCUT2D eigenvalue weighted by molar-refractivity contribution is -0.0716. The van der Waals surface area contributed by atoms with Crippen LogP contribution in [0.4, 0.5) is 5.82 Å². The number of hydrogen-bond donors (Lipinski definition) is 1. The van der Waals surface area contributed by atoms with Crippen LogP contribution in [0.2, 0.25) is 0 Å². The Morgan fingerprint density at radius 1 is 1.19 bits per heavy atom. The van der Waals surface area contributed by atoms with Crippen LogP contribution < -0.4 is 15.2 Å². The van der Waals surface area contributed by atoms with Crippen LogP contribution in [0.1, 0.15) is 25.7 Å². The summed E-state index contributed by atoms with van der Waals surface area (Å²) in [5.74, 6) is 1.78. The zero-order chi connectivity index (χ0) is 14.6. The van der Waals surface area contributed by atoms with Crippen molar-refractivity contribution >= 4 is 21.7 Å². The monoisotopic (exact) mass is 349 g/mol.